The Hall–Kier alpha value is -1.59. The van der Waals surface area contributed by atoms with E-state index in [-0.39, 0.29) is 0 Å². The van der Waals surface area contributed by atoms with Crippen LogP contribution in [0.1, 0.15) is 18.4 Å². The number of nitrogens with zero attached hydrogens (tertiary/aromatic N) is 1. The third-order valence-corrected chi connectivity index (χ3v) is 4.02. The minimum absolute atomic E-state index is 0.295. The minimum Gasteiger partial charge on any atom is -0.224 e. The van der Waals surface area contributed by atoms with E-state index < -0.39 is 37.5 Å². The highest BCUT2D eigenvalue weighted by Crippen LogP contribution is 2.51. The fourth-order valence-corrected chi connectivity index (χ4v) is 2.61. The molecule has 18 heavy (non-hydrogen) atoms. The van der Waals surface area contributed by atoms with Gasteiger partial charge in [0.2, 0.25) is 6.08 Å². The number of isocyanates is 1. The Labute approximate surface area is 102 Å². The average Bonchev–Trinajstić information content (AvgIpc) is 2.97. The summed E-state index contributed by atoms with van der Waals surface area (Å²) in [5.74, 6) is -2.08. The molecule has 96 valence electrons. The molecule has 0 N–H and O–H groups in total. The molecule has 1 fully saturated rings. The predicted octanol–water partition coefficient (Wildman–Crippen LogP) is 1.69. The number of hydrogen-bond acceptors (Lipinski definition) is 4. The summed E-state index contributed by atoms with van der Waals surface area (Å²) in [6, 6.07) is 1.74. The third kappa shape index (κ3) is 1.95. The lowest BCUT2D eigenvalue weighted by atomic mass is 10.0. The zero-order chi connectivity index (χ0) is 13.6. The standard InChI is InChI=1S/C11H9F2NO3S/c1-18(16,17)8-3-2-7(12)9(10(8)13)11(4-5-11)14-6-15/h2-3H,4-5H2,1H3. The van der Waals surface area contributed by atoms with Crippen molar-refractivity contribution in [3.63, 3.8) is 0 Å². The predicted molar refractivity (Wildman–Crippen MR) is 58.5 cm³/mol. The lowest BCUT2D eigenvalue weighted by molar-refractivity contribution is 0.497. The summed E-state index contributed by atoms with van der Waals surface area (Å²) in [5, 5.41) is 0. The summed E-state index contributed by atoms with van der Waals surface area (Å²) in [4.78, 5) is 13.1. The monoisotopic (exact) mass is 273 g/mol. The third-order valence-electron chi connectivity index (χ3n) is 2.90. The summed E-state index contributed by atoms with van der Waals surface area (Å²) in [5.41, 5.74) is -1.75. The highest BCUT2D eigenvalue weighted by atomic mass is 32.2. The van der Waals surface area contributed by atoms with Crippen LogP contribution in [0.2, 0.25) is 0 Å². The van der Waals surface area contributed by atoms with Crippen molar-refractivity contribution in [3.05, 3.63) is 29.3 Å². The van der Waals surface area contributed by atoms with E-state index in [2.05, 4.69) is 4.99 Å². The average molecular weight is 273 g/mol. The molecule has 0 unspecified atom stereocenters. The lowest BCUT2D eigenvalue weighted by Gasteiger charge is -2.13. The van der Waals surface area contributed by atoms with E-state index in [0.717, 1.165) is 18.4 Å². The van der Waals surface area contributed by atoms with Crippen LogP contribution in [-0.4, -0.2) is 20.8 Å². The number of benzene rings is 1. The van der Waals surface area contributed by atoms with Crippen LogP contribution in [0.3, 0.4) is 0 Å². The molecule has 0 amide bonds. The van der Waals surface area contributed by atoms with Gasteiger partial charge in [-0.05, 0) is 25.0 Å². The normalized spacial score (nSPS) is 17.1. The highest BCUT2D eigenvalue weighted by molar-refractivity contribution is 7.90. The second kappa shape index (κ2) is 3.96. The van der Waals surface area contributed by atoms with E-state index in [1.165, 1.54) is 6.08 Å². The number of aliphatic imine (C=N–C) groups is 1. The van der Waals surface area contributed by atoms with Crippen LogP contribution >= 0.6 is 0 Å². The van der Waals surface area contributed by atoms with E-state index in [1.54, 1.807) is 0 Å². The summed E-state index contributed by atoms with van der Waals surface area (Å²) >= 11 is 0. The molecule has 0 aliphatic heterocycles. The van der Waals surface area contributed by atoms with Gasteiger partial charge in [0, 0.05) is 6.26 Å². The van der Waals surface area contributed by atoms with Gasteiger partial charge in [0.05, 0.1) is 5.56 Å². The van der Waals surface area contributed by atoms with Gasteiger partial charge in [-0.2, -0.15) is 4.99 Å². The van der Waals surface area contributed by atoms with Crippen molar-refractivity contribution in [2.75, 3.05) is 6.26 Å². The Morgan fingerprint density at radius 2 is 1.94 bits per heavy atom. The molecular formula is C11H9F2NO3S. The van der Waals surface area contributed by atoms with Crippen molar-refractivity contribution >= 4 is 15.9 Å². The Kier molecular flexibility index (Phi) is 2.83. The molecule has 0 radical (unpaired) electrons. The molecule has 7 heteroatoms. The van der Waals surface area contributed by atoms with E-state index in [4.69, 9.17) is 0 Å². The van der Waals surface area contributed by atoms with Gasteiger partial charge in [0.25, 0.3) is 0 Å². The van der Waals surface area contributed by atoms with E-state index in [0.29, 0.717) is 12.8 Å². The maximum atomic E-state index is 14.1. The van der Waals surface area contributed by atoms with Crippen molar-refractivity contribution in [1.82, 2.24) is 0 Å². The first-order valence-corrected chi connectivity index (χ1v) is 6.98. The van der Waals surface area contributed by atoms with Crippen molar-refractivity contribution < 1.29 is 22.0 Å². The van der Waals surface area contributed by atoms with Crippen molar-refractivity contribution in [1.29, 1.82) is 0 Å². The SMILES string of the molecule is CS(=O)(=O)c1ccc(F)c(C2(N=C=O)CC2)c1F. The van der Waals surface area contributed by atoms with Crippen LogP contribution in [0.25, 0.3) is 0 Å². The first-order valence-electron chi connectivity index (χ1n) is 5.09. The molecule has 2 rings (SSSR count). The number of sulfone groups is 1. The molecule has 1 saturated carbocycles. The zero-order valence-corrected chi connectivity index (χ0v) is 10.2. The van der Waals surface area contributed by atoms with Crippen LogP contribution in [0.4, 0.5) is 8.78 Å². The van der Waals surface area contributed by atoms with Crippen LogP contribution in [-0.2, 0) is 20.2 Å². The van der Waals surface area contributed by atoms with Gasteiger partial charge in [0.15, 0.2) is 9.84 Å². The smallest absolute Gasteiger partial charge is 0.224 e. The molecule has 0 aromatic heterocycles. The van der Waals surface area contributed by atoms with Gasteiger partial charge in [0.1, 0.15) is 22.1 Å². The fraction of sp³-hybridized carbons (Fsp3) is 0.364. The summed E-state index contributed by atoms with van der Waals surface area (Å²) < 4.78 is 50.4. The zero-order valence-electron chi connectivity index (χ0n) is 9.41. The Morgan fingerprint density at radius 3 is 2.39 bits per heavy atom. The summed E-state index contributed by atoms with van der Waals surface area (Å²) in [7, 11) is -3.80. The number of carbonyl (C=O) groups excluding carboxylic acids is 1. The van der Waals surface area contributed by atoms with Gasteiger partial charge in [-0.1, -0.05) is 0 Å². The maximum Gasteiger partial charge on any atom is 0.235 e. The Morgan fingerprint density at radius 1 is 1.33 bits per heavy atom. The van der Waals surface area contributed by atoms with Gasteiger partial charge in [-0.25, -0.2) is 22.0 Å². The molecule has 4 nitrogen and oxygen atoms in total. The van der Waals surface area contributed by atoms with E-state index in [9.17, 15) is 22.0 Å². The minimum atomic E-state index is -3.80. The molecule has 1 aliphatic carbocycles. The van der Waals surface area contributed by atoms with Gasteiger partial charge in [-0.15, -0.1) is 0 Å². The van der Waals surface area contributed by atoms with Crippen LogP contribution in [0.15, 0.2) is 22.0 Å². The first kappa shape index (κ1) is 12.9. The Bertz CT molecular complexity index is 659. The lowest BCUT2D eigenvalue weighted by Crippen LogP contribution is -2.13. The molecule has 0 saturated heterocycles. The molecule has 1 aromatic rings. The number of hydrogen-bond donors (Lipinski definition) is 0. The van der Waals surface area contributed by atoms with Gasteiger partial charge in [-0.3, -0.25) is 0 Å². The molecule has 1 aromatic carbocycles. The molecule has 0 bridgehead atoms. The molecule has 1 aliphatic rings. The second-order valence-corrected chi connectivity index (χ2v) is 6.23. The van der Waals surface area contributed by atoms with Crippen molar-refractivity contribution in [2.24, 2.45) is 4.99 Å². The largest absolute Gasteiger partial charge is 0.235 e. The maximum absolute atomic E-state index is 14.1. The topological polar surface area (TPSA) is 63.6 Å². The highest BCUT2D eigenvalue weighted by Gasteiger charge is 2.49. The van der Waals surface area contributed by atoms with Crippen LogP contribution < -0.4 is 0 Å². The quantitative estimate of drug-likeness (QED) is 0.478. The summed E-state index contributed by atoms with van der Waals surface area (Å²) in [6.45, 7) is 0. The van der Waals surface area contributed by atoms with Gasteiger partial charge < -0.3 is 0 Å². The fourth-order valence-electron chi connectivity index (χ4n) is 1.87. The van der Waals surface area contributed by atoms with E-state index >= 15 is 0 Å². The first-order chi connectivity index (χ1) is 8.32. The molecule has 0 spiro atoms. The van der Waals surface area contributed by atoms with Crippen LogP contribution in [0.5, 0.6) is 0 Å². The van der Waals surface area contributed by atoms with Crippen LogP contribution in [0, 0.1) is 11.6 Å². The molecular weight excluding hydrogens is 264 g/mol. The molecule has 0 atom stereocenters. The van der Waals surface area contributed by atoms with Crippen molar-refractivity contribution in [3.8, 4) is 0 Å². The van der Waals surface area contributed by atoms with Gasteiger partial charge >= 0.3 is 0 Å². The summed E-state index contributed by atoms with van der Waals surface area (Å²) in [6.07, 6.45) is 2.69. The number of rotatable bonds is 3. The van der Waals surface area contributed by atoms with E-state index in [1.807, 2.05) is 0 Å². The second-order valence-electron chi connectivity index (χ2n) is 4.24. The number of halogens is 2. The Balaban J connectivity index is 2.72. The molecule has 0 heterocycles. The van der Waals surface area contributed by atoms with Crippen molar-refractivity contribution in [2.45, 2.75) is 23.3 Å².